The van der Waals surface area contributed by atoms with Gasteiger partial charge in [-0.05, 0) is 67.4 Å². The van der Waals surface area contributed by atoms with Gasteiger partial charge in [0.05, 0.1) is 13.2 Å². The lowest BCUT2D eigenvalue weighted by Gasteiger charge is -2.24. The Morgan fingerprint density at radius 1 is 0.966 bits per heavy atom. The van der Waals surface area contributed by atoms with Gasteiger partial charge in [-0.15, -0.1) is 0 Å². The summed E-state index contributed by atoms with van der Waals surface area (Å²) >= 11 is 0. The van der Waals surface area contributed by atoms with Crippen molar-refractivity contribution in [2.75, 3.05) is 13.2 Å². The molecule has 4 heteroatoms. The van der Waals surface area contributed by atoms with E-state index < -0.39 is 17.4 Å². The second kappa shape index (κ2) is 7.51. The molecule has 1 atom stereocenters. The van der Waals surface area contributed by atoms with E-state index in [9.17, 15) is 9.59 Å². The van der Waals surface area contributed by atoms with Crippen LogP contribution in [0.5, 0.6) is 0 Å². The molecule has 2 aliphatic carbocycles. The minimum absolute atomic E-state index is 0.0499. The van der Waals surface area contributed by atoms with E-state index in [-0.39, 0.29) is 19.1 Å². The van der Waals surface area contributed by atoms with Crippen LogP contribution < -0.4 is 0 Å². The molecule has 0 radical (unpaired) electrons. The zero-order chi connectivity index (χ0) is 20.6. The highest BCUT2D eigenvalue weighted by molar-refractivity contribution is 6.06. The maximum atomic E-state index is 13.0. The third-order valence-corrected chi connectivity index (χ3v) is 5.95. The van der Waals surface area contributed by atoms with Crippen LogP contribution in [-0.4, -0.2) is 25.2 Å². The topological polar surface area (TPSA) is 52.6 Å². The van der Waals surface area contributed by atoms with Gasteiger partial charge in [-0.25, -0.2) is 0 Å². The quantitative estimate of drug-likeness (QED) is 0.559. The molecular formula is C25H26O4. The van der Waals surface area contributed by atoms with E-state index in [1.807, 2.05) is 12.1 Å². The number of allylic oxidation sites excluding steroid dienone is 1. The molecule has 0 saturated heterocycles. The first-order valence-electron chi connectivity index (χ1n) is 10.3. The maximum Gasteiger partial charge on any atom is 0.327 e. The average Bonchev–Trinajstić information content (AvgIpc) is 3.04. The number of carbonyl (C=O) groups excluding carboxylic acids is 2. The number of aryl methyl sites for hydroxylation is 1. The molecule has 0 heterocycles. The minimum atomic E-state index is -1.37. The molecule has 4 nitrogen and oxygen atoms in total. The lowest BCUT2D eigenvalue weighted by atomic mass is 9.83. The van der Waals surface area contributed by atoms with Gasteiger partial charge in [-0.1, -0.05) is 54.1 Å². The van der Waals surface area contributed by atoms with Crippen LogP contribution in [0, 0.1) is 18.3 Å². The van der Waals surface area contributed by atoms with E-state index in [1.165, 1.54) is 16.7 Å². The van der Waals surface area contributed by atoms with Crippen molar-refractivity contribution in [2.45, 2.75) is 33.6 Å². The summed E-state index contributed by atoms with van der Waals surface area (Å²) in [7, 11) is 0. The summed E-state index contributed by atoms with van der Waals surface area (Å²) in [6, 6.07) is 14.8. The second-order valence-electron chi connectivity index (χ2n) is 7.82. The summed E-state index contributed by atoms with van der Waals surface area (Å²) in [5.41, 5.74) is 5.53. The van der Waals surface area contributed by atoms with Crippen molar-refractivity contribution in [1.29, 1.82) is 0 Å². The monoisotopic (exact) mass is 390 g/mol. The van der Waals surface area contributed by atoms with Crippen LogP contribution in [0.3, 0.4) is 0 Å². The number of carbonyl (C=O) groups is 2. The Morgan fingerprint density at radius 2 is 1.66 bits per heavy atom. The van der Waals surface area contributed by atoms with Crippen molar-refractivity contribution in [1.82, 2.24) is 0 Å². The van der Waals surface area contributed by atoms with Crippen LogP contribution in [-0.2, 0) is 25.5 Å². The molecule has 2 aromatic rings. The van der Waals surface area contributed by atoms with Crippen molar-refractivity contribution in [3.8, 4) is 11.1 Å². The summed E-state index contributed by atoms with van der Waals surface area (Å²) in [5, 5.41) is 0. The zero-order valence-electron chi connectivity index (χ0n) is 17.2. The second-order valence-corrected chi connectivity index (χ2v) is 7.82. The summed E-state index contributed by atoms with van der Waals surface area (Å²) in [6.45, 7) is 6.05. The van der Waals surface area contributed by atoms with Gasteiger partial charge < -0.3 is 9.47 Å². The molecule has 0 fully saturated rings. The average molecular weight is 390 g/mol. The minimum Gasteiger partial charge on any atom is -0.465 e. The Bertz CT molecular complexity index is 984. The Hall–Kier alpha value is -2.88. The Labute approximate surface area is 171 Å². The van der Waals surface area contributed by atoms with Crippen LogP contribution in [0.15, 0.2) is 48.5 Å². The highest BCUT2D eigenvalue weighted by atomic mass is 16.6. The van der Waals surface area contributed by atoms with Crippen molar-refractivity contribution >= 4 is 17.5 Å². The Kier molecular flexibility index (Phi) is 5.03. The van der Waals surface area contributed by atoms with Gasteiger partial charge >= 0.3 is 11.9 Å². The van der Waals surface area contributed by atoms with Crippen LogP contribution in [0.2, 0.25) is 0 Å². The maximum absolute atomic E-state index is 13.0. The normalized spacial score (nSPS) is 18.6. The van der Waals surface area contributed by atoms with E-state index in [1.54, 1.807) is 13.8 Å². The summed E-state index contributed by atoms with van der Waals surface area (Å²) in [5.74, 6) is -0.976. The first-order valence-corrected chi connectivity index (χ1v) is 10.3. The van der Waals surface area contributed by atoms with Gasteiger partial charge in [-0.3, -0.25) is 9.59 Å². The fourth-order valence-electron chi connectivity index (χ4n) is 4.67. The summed E-state index contributed by atoms with van der Waals surface area (Å²) < 4.78 is 10.7. The smallest absolute Gasteiger partial charge is 0.327 e. The van der Waals surface area contributed by atoms with Crippen LogP contribution in [0.4, 0.5) is 0 Å². The molecule has 4 rings (SSSR count). The fraction of sp³-hybridized carbons (Fsp3) is 0.360. The van der Waals surface area contributed by atoms with Crippen molar-refractivity contribution in [3.05, 3.63) is 65.2 Å². The lowest BCUT2D eigenvalue weighted by molar-refractivity contribution is -0.168. The molecular weight excluding hydrogens is 364 g/mol. The zero-order valence-corrected chi connectivity index (χ0v) is 17.2. The Balaban J connectivity index is 1.91. The number of hydrogen-bond donors (Lipinski definition) is 0. The van der Waals surface area contributed by atoms with Crippen molar-refractivity contribution < 1.29 is 19.1 Å². The van der Waals surface area contributed by atoms with Crippen LogP contribution in [0.25, 0.3) is 16.7 Å². The molecule has 29 heavy (non-hydrogen) atoms. The molecule has 0 spiro atoms. The molecule has 2 aliphatic rings. The van der Waals surface area contributed by atoms with Crippen LogP contribution >= 0.6 is 0 Å². The van der Waals surface area contributed by atoms with Gasteiger partial charge in [0.25, 0.3) is 0 Å². The molecule has 0 bridgehead atoms. The molecule has 1 unspecified atom stereocenters. The van der Waals surface area contributed by atoms with E-state index in [2.05, 4.69) is 43.3 Å². The van der Waals surface area contributed by atoms with E-state index in [0.29, 0.717) is 6.42 Å². The van der Waals surface area contributed by atoms with Crippen molar-refractivity contribution in [2.24, 2.45) is 11.3 Å². The number of rotatable bonds is 4. The number of ether oxygens (including phenoxy) is 2. The number of fused-ring (bicyclic) bond motifs is 5. The van der Waals surface area contributed by atoms with Crippen molar-refractivity contribution in [3.63, 3.8) is 0 Å². The van der Waals surface area contributed by atoms with Gasteiger partial charge in [0.15, 0.2) is 5.41 Å². The standard InChI is InChI=1S/C25H26O4/c1-4-28-23(26)25(24(27)29-5-2)14-18-13-17-8-6-7-9-19(17)21-12-16(3)10-11-20(21)22(18)15-25/h6-12,15,18H,4-5,13-14H2,1-3H3. The SMILES string of the molecule is CCOC(=O)C1(C(=O)OCC)C=C2c3ccc(C)cc3-c3ccccc3CC2C1. The van der Waals surface area contributed by atoms with Crippen LogP contribution in [0.1, 0.15) is 37.0 Å². The number of benzene rings is 2. The van der Waals surface area contributed by atoms with E-state index in [0.717, 1.165) is 23.1 Å². The highest BCUT2D eigenvalue weighted by Crippen LogP contribution is 2.52. The highest BCUT2D eigenvalue weighted by Gasteiger charge is 2.54. The van der Waals surface area contributed by atoms with Gasteiger partial charge in [-0.2, -0.15) is 0 Å². The van der Waals surface area contributed by atoms with E-state index >= 15 is 0 Å². The molecule has 150 valence electrons. The van der Waals surface area contributed by atoms with Gasteiger partial charge in [0.2, 0.25) is 0 Å². The first kappa shape index (κ1) is 19.4. The first-order chi connectivity index (χ1) is 14.0. The molecule has 2 aromatic carbocycles. The predicted octanol–water partition coefficient (Wildman–Crippen LogP) is 4.73. The van der Waals surface area contributed by atoms with E-state index in [4.69, 9.17) is 9.47 Å². The summed E-state index contributed by atoms with van der Waals surface area (Å²) in [6.07, 6.45) is 2.98. The number of hydrogen-bond acceptors (Lipinski definition) is 4. The molecule has 0 amide bonds. The molecule has 0 N–H and O–H groups in total. The molecule has 0 aliphatic heterocycles. The Morgan fingerprint density at radius 3 is 2.34 bits per heavy atom. The third kappa shape index (κ3) is 3.17. The predicted molar refractivity (Wildman–Crippen MR) is 112 cm³/mol. The molecule has 0 aromatic heterocycles. The van der Waals surface area contributed by atoms with Gasteiger partial charge in [0, 0.05) is 0 Å². The fourth-order valence-corrected chi connectivity index (χ4v) is 4.67. The number of esters is 2. The molecule has 0 saturated carbocycles. The largest absolute Gasteiger partial charge is 0.465 e. The third-order valence-electron chi connectivity index (χ3n) is 5.95. The van der Waals surface area contributed by atoms with Gasteiger partial charge in [0.1, 0.15) is 0 Å². The summed E-state index contributed by atoms with van der Waals surface area (Å²) in [4.78, 5) is 25.9. The lowest BCUT2D eigenvalue weighted by Crippen LogP contribution is -2.39.